The van der Waals surface area contributed by atoms with E-state index in [1.165, 1.54) is 57.4 Å². The van der Waals surface area contributed by atoms with E-state index < -0.39 is 19.4 Å². The Bertz CT molecular complexity index is 1080. The van der Waals surface area contributed by atoms with Gasteiger partial charge in [-0.05, 0) is 0 Å². The Labute approximate surface area is 202 Å². The molecule has 1 aliphatic carbocycles. The third kappa shape index (κ3) is 4.66. The normalized spacial score (nSPS) is 15.2. The van der Waals surface area contributed by atoms with E-state index in [4.69, 9.17) is 17.0 Å². The summed E-state index contributed by atoms with van der Waals surface area (Å²) in [5.41, 5.74) is 10.7. The first-order valence-electron chi connectivity index (χ1n) is 11.2. The minimum absolute atomic E-state index is 0.266. The summed E-state index contributed by atoms with van der Waals surface area (Å²) < 4.78 is 0.266. The number of hydrogen-bond acceptors (Lipinski definition) is 0. The van der Waals surface area contributed by atoms with E-state index in [1.54, 1.807) is 0 Å². The van der Waals surface area contributed by atoms with Crippen LogP contribution in [0.4, 0.5) is 0 Å². The molecule has 0 aliphatic heterocycles. The summed E-state index contributed by atoms with van der Waals surface area (Å²) in [6, 6.07) is 24.2. The summed E-state index contributed by atoms with van der Waals surface area (Å²) in [7, 11) is 13.5. The van der Waals surface area contributed by atoms with Gasteiger partial charge >= 0.3 is 203 Å². The zero-order valence-electron chi connectivity index (χ0n) is 18.5. The average Bonchev–Trinajstić information content (AvgIpc) is 3.16. The van der Waals surface area contributed by atoms with Gasteiger partial charge in [-0.25, -0.2) is 0 Å². The molecule has 0 bridgehead atoms. The van der Waals surface area contributed by atoms with Crippen LogP contribution in [0.1, 0.15) is 66.3 Å². The van der Waals surface area contributed by atoms with E-state index in [9.17, 15) is 0 Å². The van der Waals surface area contributed by atoms with Gasteiger partial charge in [0.15, 0.2) is 0 Å². The SMILES string of the molecule is CCCCC1=Cc2c(ccc(-c3ccccc3)c2-c2ccccc2C(C)C)[CH]1[Zr]([Cl])[Cl]. The number of unbranched alkanes of at least 4 members (excludes halogenated alkanes) is 1. The quantitative estimate of drug-likeness (QED) is 0.287. The Kier molecular flexibility index (Phi) is 7.58. The summed E-state index contributed by atoms with van der Waals surface area (Å²) in [5, 5.41) is 0. The third-order valence-corrected chi connectivity index (χ3v) is 11.6. The van der Waals surface area contributed by atoms with E-state index in [2.05, 4.69) is 93.6 Å². The topological polar surface area (TPSA) is 0 Å². The number of halogens is 2. The van der Waals surface area contributed by atoms with Gasteiger partial charge in [0.25, 0.3) is 0 Å². The van der Waals surface area contributed by atoms with Crippen molar-refractivity contribution < 1.29 is 19.4 Å². The summed E-state index contributed by atoms with van der Waals surface area (Å²) in [4.78, 5) is 0. The second kappa shape index (κ2) is 10.2. The molecule has 159 valence electrons. The maximum absolute atomic E-state index is 6.74. The molecular formula is C28H29Cl2Zr. The maximum atomic E-state index is 6.74. The Hall–Kier alpha value is -1.14. The number of benzene rings is 3. The van der Waals surface area contributed by atoms with Crippen molar-refractivity contribution >= 4 is 23.1 Å². The first-order valence-corrected chi connectivity index (χ1v) is 19.0. The summed E-state index contributed by atoms with van der Waals surface area (Å²) in [6.07, 6.45) is 5.89. The Balaban J connectivity index is 2.02. The molecule has 31 heavy (non-hydrogen) atoms. The fourth-order valence-corrected chi connectivity index (χ4v) is 10.2. The van der Waals surface area contributed by atoms with E-state index >= 15 is 0 Å². The molecule has 0 amide bonds. The van der Waals surface area contributed by atoms with E-state index in [-0.39, 0.29) is 3.63 Å². The molecule has 1 unspecified atom stereocenters. The van der Waals surface area contributed by atoms with Gasteiger partial charge in [0.05, 0.1) is 0 Å². The molecule has 0 nitrogen and oxygen atoms in total. The van der Waals surface area contributed by atoms with Gasteiger partial charge in [0.1, 0.15) is 0 Å². The first kappa shape index (κ1) is 23.0. The molecule has 0 saturated heterocycles. The second-order valence-electron chi connectivity index (χ2n) is 8.64. The number of fused-ring (bicyclic) bond motifs is 1. The van der Waals surface area contributed by atoms with Crippen LogP contribution in [0.5, 0.6) is 0 Å². The van der Waals surface area contributed by atoms with Gasteiger partial charge in [-0.15, -0.1) is 0 Å². The molecule has 0 saturated carbocycles. The molecule has 0 heterocycles. The second-order valence-corrected chi connectivity index (χ2v) is 17.5. The molecule has 4 rings (SSSR count). The number of rotatable bonds is 7. The van der Waals surface area contributed by atoms with E-state index in [0.29, 0.717) is 5.92 Å². The Morgan fingerprint density at radius 2 is 1.58 bits per heavy atom. The standard InChI is InChI=1S/C28H29.2ClH.Zr/c1-4-5-11-21-18-23-16-17-25(22-12-7-6-8-13-22)28(27(23)19-21)26-15-10-9-14-24(26)20(2)3;;;/h6-10,12-20H,4-5,11H2,1-3H3;2*1H;/q;;;+2/p-2. The fraction of sp³-hybridized carbons (Fsp3) is 0.286. The third-order valence-electron chi connectivity index (χ3n) is 6.26. The van der Waals surface area contributed by atoms with E-state index in [1.807, 2.05) is 0 Å². The van der Waals surface area contributed by atoms with Crippen LogP contribution in [0.3, 0.4) is 0 Å². The van der Waals surface area contributed by atoms with Crippen molar-refractivity contribution in [2.45, 2.75) is 49.6 Å². The summed E-state index contributed by atoms with van der Waals surface area (Å²) in [5.74, 6) is 0.448. The Morgan fingerprint density at radius 1 is 0.871 bits per heavy atom. The fourth-order valence-electron chi connectivity index (χ4n) is 4.74. The molecule has 0 spiro atoms. The van der Waals surface area contributed by atoms with Crippen LogP contribution in [-0.4, -0.2) is 0 Å². The van der Waals surface area contributed by atoms with Crippen molar-refractivity contribution in [2.24, 2.45) is 0 Å². The van der Waals surface area contributed by atoms with Crippen molar-refractivity contribution in [3.63, 3.8) is 0 Å². The molecule has 3 heteroatoms. The van der Waals surface area contributed by atoms with Gasteiger partial charge in [0.2, 0.25) is 0 Å². The minimum atomic E-state index is -2.53. The molecule has 0 fully saturated rings. The van der Waals surface area contributed by atoms with Crippen LogP contribution < -0.4 is 0 Å². The van der Waals surface area contributed by atoms with Crippen molar-refractivity contribution in [1.82, 2.24) is 0 Å². The Morgan fingerprint density at radius 3 is 2.26 bits per heavy atom. The van der Waals surface area contributed by atoms with Crippen molar-refractivity contribution in [3.8, 4) is 22.3 Å². The van der Waals surface area contributed by atoms with Gasteiger partial charge in [-0.1, -0.05) is 0 Å². The van der Waals surface area contributed by atoms with Crippen LogP contribution in [0.2, 0.25) is 0 Å². The zero-order chi connectivity index (χ0) is 22.0. The van der Waals surface area contributed by atoms with Crippen molar-refractivity contribution in [3.05, 3.63) is 89.0 Å². The van der Waals surface area contributed by atoms with Crippen molar-refractivity contribution in [1.29, 1.82) is 0 Å². The predicted molar refractivity (Wildman–Crippen MR) is 133 cm³/mol. The van der Waals surface area contributed by atoms with Gasteiger partial charge in [-0.2, -0.15) is 0 Å². The van der Waals surface area contributed by atoms with Gasteiger partial charge in [-0.3, -0.25) is 0 Å². The van der Waals surface area contributed by atoms with Crippen LogP contribution in [0.15, 0.2) is 72.3 Å². The average molecular weight is 528 g/mol. The number of allylic oxidation sites excluding steroid dienone is 1. The van der Waals surface area contributed by atoms with Gasteiger partial charge in [0, 0.05) is 0 Å². The molecule has 1 aliphatic rings. The van der Waals surface area contributed by atoms with E-state index in [0.717, 1.165) is 6.42 Å². The monoisotopic (exact) mass is 525 g/mol. The molecule has 1 atom stereocenters. The van der Waals surface area contributed by atoms with Crippen LogP contribution in [-0.2, 0) is 19.4 Å². The van der Waals surface area contributed by atoms with Crippen LogP contribution >= 0.6 is 17.0 Å². The molecule has 0 N–H and O–H groups in total. The molecular weight excluding hydrogens is 498 g/mol. The van der Waals surface area contributed by atoms with Crippen LogP contribution in [0, 0.1) is 0 Å². The van der Waals surface area contributed by atoms with Gasteiger partial charge < -0.3 is 0 Å². The molecule has 0 radical (unpaired) electrons. The molecule has 3 aromatic carbocycles. The molecule has 3 aromatic rings. The first-order chi connectivity index (χ1) is 15.0. The van der Waals surface area contributed by atoms with Crippen LogP contribution in [0.25, 0.3) is 28.3 Å². The number of hydrogen-bond donors (Lipinski definition) is 0. The van der Waals surface area contributed by atoms with Crippen molar-refractivity contribution in [2.75, 3.05) is 0 Å². The molecule has 0 aromatic heterocycles. The zero-order valence-corrected chi connectivity index (χ0v) is 22.4. The predicted octanol–water partition coefficient (Wildman–Crippen LogP) is 9.70. The summed E-state index contributed by atoms with van der Waals surface area (Å²) in [6.45, 7) is 6.80. The summed E-state index contributed by atoms with van der Waals surface area (Å²) >= 11 is -2.53.